The van der Waals surface area contributed by atoms with Crippen molar-refractivity contribution in [2.24, 2.45) is 5.92 Å². The van der Waals surface area contributed by atoms with E-state index >= 15 is 0 Å². The second-order valence-corrected chi connectivity index (χ2v) is 6.27. The van der Waals surface area contributed by atoms with Gasteiger partial charge < -0.3 is 4.74 Å². The quantitative estimate of drug-likeness (QED) is 0.798. The second kappa shape index (κ2) is 5.49. The van der Waals surface area contributed by atoms with Gasteiger partial charge in [0.05, 0.1) is 0 Å². The Bertz CT molecular complexity index is 844. The summed E-state index contributed by atoms with van der Waals surface area (Å²) in [7, 11) is 0. The minimum absolute atomic E-state index is 0.406. The fourth-order valence-electron chi connectivity index (χ4n) is 3.08. The number of allylic oxidation sites excluding steroid dienone is 5. The van der Waals surface area contributed by atoms with E-state index in [0.717, 1.165) is 33.9 Å². The first-order valence-corrected chi connectivity index (χ1v) is 7.77. The van der Waals surface area contributed by atoms with Crippen LogP contribution in [0.25, 0.3) is 17.9 Å². The number of hydrogen-bond donors (Lipinski definition) is 0. The average Bonchev–Trinajstić information content (AvgIpc) is 2.68. The molecule has 0 spiro atoms. The first-order valence-electron chi connectivity index (χ1n) is 7.77. The van der Waals surface area contributed by atoms with Crippen LogP contribution in [0.1, 0.15) is 32.8 Å². The third-order valence-corrected chi connectivity index (χ3v) is 4.19. The molecule has 1 heteroatoms. The fraction of sp³-hybridized carbons (Fsp3) is 0.238. The Morgan fingerprint density at radius 1 is 1.27 bits per heavy atom. The molecule has 1 nitrogen and oxygen atoms in total. The molecule has 1 heterocycles. The van der Waals surface area contributed by atoms with Gasteiger partial charge in [-0.25, -0.2) is 0 Å². The summed E-state index contributed by atoms with van der Waals surface area (Å²) >= 11 is 0. The van der Waals surface area contributed by atoms with Gasteiger partial charge in [0.25, 0.3) is 0 Å². The summed E-state index contributed by atoms with van der Waals surface area (Å²) in [6.07, 6.45) is 7.37. The molecule has 0 amide bonds. The summed E-state index contributed by atoms with van der Waals surface area (Å²) in [5.41, 5.74) is 4.65. The fourth-order valence-corrected chi connectivity index (χ4v) is 3.08. The maximum atomic E-state index is 6.36. The topological polar surface area (TPSA) is 9.23 Å². The molecule has 1 aliphatic heterocycles. The highest BCUT2D eigenvalue weighted by Gasteiger charge is 2.25. The van der Waals surface area contributed by atoms with E-state index in [0.29, 0.717) is 5.92 Å². The Labute approximate surface area is 132 Å². The van der Waals surface area contributed by atoms with Crippen molar-refractivity contribution in [3.63, 3.8) is 0 Å². The molecule has 112 valence electrons. The lowest BCUT2D eigenvalue weighted by Crippen LogP contribution is -2.33. The zero-order chi connectivity index (χ0) is 15.9. The van der Waals surface area contributed by atoms with E-state index in [1.54, 1.807) is 0 Å². The van der Waals surface area contributed by atoms with E-state index in [-0.39, 0.29) is 0 Å². The second-order valence-electron chi connectivity index (χ2n) is 6.27. The predicted molar refractivity (Wildman–Crippen MR) is 94.1 cm³/mol. The summed E-state index contributed by atoms with van der Waals surface area (Å²) in [5.74, 6) is 2.26. The van der Waals surface area contributed by atoms with Crippen LogP contribution in [-0.4, -0.2) is 0 Å². The van der Waals surface area contributed by atoms with Crippen LogP contribution in [0.15, 0.2) is 59.9 Å². The van der Waals surface area contributed by atoms with Crippen molar-refractivity contribution < 1.29 is 4.74 Å². The zero-order valence-electron chi connectivity index (χ0n) is 13.6. The summed E-state index contributed by atoms with van der Waals surface area (Å²) in [6, 6.07) is 6.27. The molecule has 0 aromatic heterocycles. The van der Waals surface area contributed by atoms with Crippen LogP contribution >= 0.6 is 0 Å². The number of rotatable bonds is 2. The highest BCUT2D eigenvalue weighted by Crippen LogP contribution is 2.37. The summed E-state index contributed by atoms with van der Waals surface area (Å²) in [4.78, 5) is 0. The first-order chi connectivity index (χ1) is 10.5. The smallest absolute Gasteiger partial charge is 0.138 e. The highest BCUT2D eigenvalue weighted by molar-refractivity contribution is 5.80. The lowest BCUT2D eigenvalue weighted by Gasteiger charge is -2.26. The Morgan fingerprint density at radius 3 is 2.73 bits per heavy atom. The SMILES string of the molecule is C=C(C)C1=c2c(cccc2=C)C2=C(O1)C(C(C)C)=CC=CC2. The third kappa shape index (κ3) is 2.27. The van der Waals surface area contributed by atoms with E-state index in [1.807, 2.05) is 13.0 Å². The molecule has 1 aromatic rings. The predicted octanol–water partition coefficient (Wildman–Crippen LogP) is 4.06. The lowest BCUT2D eigenvalue weighted by atomic mass is 9.90. The molecule has 0 atom stereocenters. The van der Waals surface area contributed by atoms with E-state index < -0.39 is 0 Å². The number of hydrogen-bond acceptors (Lipinski definition) is 1. The van der Waals surface area contributed by atoms with E-state index in [1.165, 1.54) is 16.7 Å². The van der Waals surface area contributed by atoms with Gasteiger partial charge in [0, 0.05) is 10.8 Å². The first kappa shape index (κ1) is 14.6. The van der Waals surface area contributed by atoms with Crippen LogP contribution in [0, 0.1) is 5.92 Å². The van der Waals surface area contributed by atoms with Crippen LogP contribution in [-0.2, 0) is 4.74 Å². The molecule has 0 fully saturated rings. The molecule has 1 aromatic carbocycles. The molecular formula is C21H22O. The van der Waals surface area contributed by atoms with Gasteiger partial charge in [-0.05, 0) is 41.2 Å². The van der Waals surface area contributed by atoms with Gasteiger partial charge in [-0.1, -0.05) is 63.4 Å². The number of benzene rings is 1. The van der Waals surface area contributed by atoms with Crippen molar-refractivity contribution in [1.29, 1.82) is 0 Å². The Hall–Kier alpha value is -2.28. The number of ether oxygens (including phenoxy) is 1. The van der Waals surface area contributed by atoms with Crippen molar-refractivity contribution in [1.82, 2.24) is 0 Å². The van der Waals surface area contributed by atoms with Crippen LogP contribution in [0.2, 0.25) is 0 Å². The molecule has 22 heavy (non-hydrogen) atoms. The molecule has 3 rings (SSSR count). The van der Waals surface area contributed by atoms with Gasteiger partial charge in [0.15, 0.2) is 0 Å². The summed E-state index contributed by atoms with van der Waals surface area (Å²) in [5, 5.41) is 2.08. The van der Waals surface area contributed by atoms with Gasteiger partial charge in [-0.15, -0.1) is 0 Å². The van der Waals surface area contributed by atoms with Crippen LogP contribution in [0.4, 0.5) is 0 Å². The van der Waals surface area contributed by atoms with Crippen molar-refractivity contribution in [3.8, 4) is 0 Å². The van der Waals surface area contributed by atoms with Gasteiger partial charge in [0.2, 0.25) is 0 Å². The van der Waals surface area contributed by atoms with E-state index in [4.69, 9.17) is 4.74 Å². The van der Waals surface area contributed by atoms with Crippen molar-refractivity contribution in [2.45, 2.75) is 27.2 Å². The van der Waals surface area contributed by atoms with Gasteiger partial charge >= 0.3 is 0 Å². The lowest BCUT2D eigenvalue weighted by molar-refractivity contribution is 0.376. The molecule has 0 unspecified atom stereocenters. The monoisotopic (exact) mass is 290 g/mol. The maximum absolute atomic E-state index is 6.36. The van der Waals surface area contributed by atoms with Crippen molar-refractivity contribution in [3.05, 3.63) is 75.9 Å². The van der Waals surface area contributed by atoms with E-state index in [2.05, 4.69) is 57.4 Å². The summed E-state index contributed by atoms with van der Waals surface area (Å²) in [6.45, 7) is 14.7. The van der Waals surface area contributed by atoms with Crippen LogP contribution < -0.4 is 10.4 Å². The molecule has 2 aliphatic rings. The molecule has 1 aliphatic carbocycles. The van der Waals surface area contributed by atoms with Crippen molar-refractivity contribution in [2.75, 3.05) is 0 Å². The molecule has 0 bridgehead atoms. The van der Waals surface area contributed by atoms with Gasteiger partial charge in [-0.2, -0.15) is 0 Å². The molecule has 0 saturated heterocycles. The Morgan fingerprint density at radius 2 is 2.05 bits per heavy atom. The van der Waals surface area contributed by atoms with E-state index in [9.17, 15) is 0 Å². The van der Waals surface area contributed by atoms with Crippen LogP contribution in [0.5, 0.6) is 0 Å². The highest BCUT2D eigenvalue weighted by atomic mass is 16.5. The normalized spacial score (nSPS) is 16.7. The third-order valence-electron chi connectivity index (χ3n) is 4.19. The Kier molecular flexibility index (Phi) is 3.66. The standard InChI is InChI=1S/C21H22O/c1-13(2)16-10-6-7-11-18-17-12-8-9-15(5)19(17)20(14(3)4)22-21(16)18/h6-10,12-13H,3,5,11H2,1-2,4H3. The van der Waals surface area contributed by atoms with Gasteiger partial charge in [-0.3, -0.25) is 0 Å². The summed E-state index contributed by atoms with van der Waals surface area (Å²) < 4.78 is 6.36. The average molecular weight is 290 g/mol. The minimum atomic E-state index is 0.406. The van der Waals surface area contributed by atoms with Crippen LogP contribution in [0.3, 0.4) is 0 Å². The minimum Gasteiger partial charge on any atom is -0.456 e. The molecule has 0 saturated carbocycles. The van der Waals surface area contributed by atoms with Crippen molar-refractivity contribution >= 4 is 17.9 Å². The molecule has 0 radical (unpaired) electrons. The maximum Gasteiger partial charge on any atom is 0.138 e. The number of fused-ring (bicyclic) bond motifs is 2. The molecular weight excluding hydrogens is 268 g/mol. The molecule has 0 N–H and O–H groups in total. The zero-order valence-corrected chi connectivity index (χ0v) is 13.6. The largest absolute Gasteiger partial charge is 0.456 e. The Balaban J connectivity index is 2.36. The van der Waals surface area contributed by atoms with Gasteiger partial charge in [0.1, 0.15) is 11.5 Å².